The minimum absolute atomic E-state index is 0.204. The summed E-state index contributed by atoms with van der Waals surface area (Å²) in [5, 5.41) is 6.15. The van der Waals surface area contributed by atoms with Crippen LogP contribution in [0, 0.1) is 0 Å². The molecule has 0 unspecified atom stereocenters. The summed E-state index contributed by atoms with van der Waals surface area (Å²) in [7, 11) is 0. The van der Waals surface area contributed by atoms with Gasteiger partial charge in [0.25, 0.3) is 5.91 Å². The second-order valence-corrected chi connectivity index (χ2v) is 5.71. The highest BCUT2D eigenvalue weighted by molar-refractivity contribution is 6.04. The smallest absolute Gasteiger partial charge is 0.257 e. The van der Waals surface area contributed by atoms with Crippen molar-refractivity contribution in [3.8, 4) is 5.75 Å². The fourth-order valence-electron chi connectivity index (χ4n) is 2.47. The molecule has 1 aromatic heterocycles. The van der Waals surface area contributed by atoms with Crippen molar-refractivity contribution in [3.63, 3.8) is 0 Å². The maximum Gasteiger partial charge on any atom is 0.257 e. The molecule has 3 rings (SSSR count). The van der Waals surface area contributed by atoms with E-state index in [1.165, 1.54) is 0 Å². The number of hydrogen-bond acceptors (Lipinski definition) is 4. The zero-order chi connectivity index (χ0) is 18.2. The molecule has 1 heterocycles. The van der Waals surface area contributed by atoms with Crippen molar-refractivity contribution in [2.24, 2.45) is 0 Å². The molecule has 0 aliphatic rings. The molecule has 5 nitrogen and oxygen atoms in total. The van der Waals surface area contributed by atoms with Crippen LogP contribution in [0.15, 0.2) is 73.1 Å². The summed E-state index contributed by atoms with van der Waals surface area (Å²) >= 11 is 0. The van der Waals surface area contributed by atoms with Crippen molar-refractivity contribution in [2.45, 2.75) is 13.5 Å². The van der Waals surface area contributed by atoms with Crippen LogP contribution in [-0.4, -0.2) is 17.5 Å². The van der Waals surface area contributed by atoms with Gasteiger partial charge in [-0.2, -0.15) is 0 Å². The van der Waals surface area contributed by atoms with Crippen molar-refractivity contribution < 1.29 is 9.53 Å². The van der Waals surface area contributed by atoms with Crippen LogP contribution < -0.4 is 15.4 Å². The number of amides is 1. The zero-order valence-electron chi connectivity index (χ0n) is 14.6. The number of hydrogen-bond donors (Lipinski definition) is 2. The minimum Gasteiger partial charge on any atom is -0.494 e. The Bertz CT molecular complexity index is 849. The highest BCUT2D eigenvalue weighted by Gasteiger charge is 2.08. The summed E-state index contributed by atoms with van der Waals surface area (Å²) in [6, 6.07) is 19.1. The number of anilines is 2. The van der Waals surface area contributed by atoms with Gasteiger partial charge in [0, 0.05) is 24.6 Å². The maximum atomic E-state index is 12.4. The summed E-state index contributed by atoms with van der Waals surface area (Å²) in [4.78, 5) is 16.6. The molecule has 0 fully saturated rings. The van der Waals surface area contributed by atoms with Crippen LogP contribution in [0.1, 0.15) is 22.8 Å². The number of benzene rings is 2. The molecule has 1 amide bonds. The van der Waals surface area contributed by atoms with Gasteiger partial charge < -0.3 is 15.4 Å². The number of nitrogens with one attached hydrogen (secondary N) is 2. The molecular weight excluding hydrogens is 326 g/mol. The minimum atomic E-state index is -0.204. The Morgan fingerprint density at radius 2 is 1.77 bits per heavy atom. The SMILES string of the molecule is CCOc1ccc(NC(=O)c2cncc(NCc3ccccc3)c2)cc1. The van der Waals surface area contributed by atoms with E-state index in [0.29, 0.717) is 24.4 Å². The van der Waals surface area contributed by atoms with Crippen molar-refractivity contribution in [1.29, 1.82) is 0 Å². The lowest BCUT2D eigenvalue weighted by atomic mass is 10.2. The van der Waals surface area contributed by atoms with Crippen LogP contribution >= 0.6 is 0 Å². The molecule has 0 bridgehead atoms. The van der Waals surface area contributed by atoms with Crippen LogP contribution in [0.2, 0.25) is 0 Å². The Kier molecular flexibility index (Phi) is 5.83. The van der Waals surface area contributed by atoms with E-state index in [1.54, 1.807) is 18.5 Å². The molecule has 0 saturated carbocycles. The van der Waals surface area contributed by atoms with E-state index in [2.05, 4.69) is 15.6 Å². The third kappa shape index (κ3) is 4.83. The standard InChI is InChI=1S/C21H21N3O2/c1-2-26-20-10-8-18(9-11-20)24-21(25)17-12-19(15-22-14-17)23-13-16-6-4-3-5-7-16/h3-12,14-15,23H,2,13H2,1H3,(H,24,25). The number of ether oxygens (including phenoxy) is 1. The Balaban J connectivity index is 1.62. The van der Waals surface area contributed by atoms with Crippen molar-refractivity contribution in [2.75, 3.05) is 17.2 Å². The van der Waals surface area contributed by atoms with Gasteiger partial charge in [0.1, 0.15) is 5.75 Å². The third-order valence-electron chi connectivity index (χ3n) is 3.76. The number of pyridine rings is 1. The molecule has 0 saturated heterocycles. The molecule has 132 valence electrons. The maximum absolute atomic E-state index is 12.4. The lowest BCUT2D eigenvalue weighted by Gasteiger charge is -2.09. The van der Waals surface area contributed by atoms with Gasteiger partial charge in [-0.15, -0.1) is 0 Å². The van der Waals surface area contributed by atoms with Gasteiger partial charge in [0.15, 0.2) is 0 Å². The summed E-state index contributed by atoms with van der Waals surface area (Å²) in [5.41, 5.74) is 3.17. The molecule has 0 atom stereocenters. The second kappa shape index (κ2) is 8.67. The molecule has 0 aliphatic heterocycles. The monoisotopic (exact) mass is 347 g/mol. The van der Waals surface area contributed by atoms with E-state index in [1.807, 2.05) is 61.5 Å². The number of rotatable bonds is 7. The normalized spacial score (nSPS) is 10.2. The van der Waals surface area contributed by atoms with Crippen molar-refractivity contribution >= 4 is 17.3 Å². The average Bonchev–Trinajstić information content (AvgIpc) is 2.69. The van der Waals surface area contributed by atoms with Crippen LogP contribution in [0.25, 0.3) is 0 Å². The van der Waals surface area contributed by atoms with Gasteiger partial charge >= 0.3 is 0 Å². The fraction of sp³-hybridized carbons (Fsp3) is 0.143. The first-order chi connectivity index (χ1) is 12.7. The Morgan fingerprint density at radius 1 is 1.00 bits per heavy atom. The number of carbonyl (C=O) groups excluding carboxylic acids is 1. The molecule has 0 radical (unpaired) electrons. The first-order valence-corrected chi connectivity index (χ1v) is 8.51. The molecule has 0 aliphatic carbocycles. The van der Waals surface area contributed by atoms with E-state index in [0.717, 1.165) is 17.0 Å². The number of carbonyl (C=O) groups is 1. The van der Waals surface area contributed by atoms with Gasteiger partial charge in [0.05, 0.1) is 17.9 Å². The number of aromatic nitrogens is 1. The Morgan fingerprint density at radius 3 is 2.50 bits per heavy atom. The van der Waals surface area contributed by atoms with E-state index in [4.69, 9.17) is 4.74 Å². The van der Waals surface area contributed by atoms with Gasteiger partial charge in [-0.1, -0.05) is 30.3 Å². The van der Waals surface area contributed by atoms with E-state index >= 15 is 0 Å². The van der Waals surface area contributed by atoms with Crippen LogP contribution in [0.5, 0.6) is 5.75 Å². The van der Waals surface area contributed by atoms with E-state index in [-0.39, 0.29) is 5.91 Å². The molecule has 5 heteroatoms. The topological polar surface area (TPSA) is 63.2 Å². The molecule has 0 spiro atoms. The first-order valence-electron chi connectivity index (χ1n) is 8.51. The summed E-state index contributed by atoms with van der Waals surface area (Å²) in [6.07, 6.45) is 3.26. The van der Waals surface area contributed by atoms with Crippen LogP contribution in [0.3, 0.4) is 0 Å². The third-order valence-corrected chi connectivity index (χ3v) is 3.76. The molecule has 3 aromatic rings. The van der Waals surface area contributed by atoms with Gasteiger partial charge in [-0.05, 0) is 42.8 Å². The predicted octanol–water partition coefficient (Wildman–Crippen LogP) is 4.34. The molecule has 26 heavy (non-hydrogen) atoms. The summed E-state index contributed by atoms with van der Waals surface area (Å²) < 4.78 is 5.40. The predicted molar refractivity (Wildman–Crippen MR) is 104 cm³/mol. The summed E-state index contributed by atoms with van der Waals surface area (Å²) in [5.74, 6) is 0.573. The van der Waals surface area contributed by atoms with Crippen LogP contribution in [-0.2, 0) is 6.54 Å². The van der Waals surface area contributed by atoms with Crippen molar-refractivity contribution in [3.05, 3.63) is 84.2 Å². The van der Waals surface area contributed by atoms with Gasteiger partial charge in [-0.25, -0.2) is 0 Å². The van der Waals surface area contributed by atoms with Crippen LogP contribution in [0.4, 0.5) is 11.4 Å². The quantitative estimate of drug-likeness (QED) is 0.667. The fourth-order valence-corrected chi connectivity index (χ4v) is 2.47. The molecule has 2 N–H and O–H groups in total. The highest BCUT2D eigenvalue weighted by Crippen LogP contribution is 2.17. The number of nitrogens with zero attached hydrogens (tertiary/aromatic N) is 1. The van der Waals surface area contributed by atoms with Gasteiger partial charge in [0.2, 0.25) is 0 Å². The molecule has 2 aromatic carbocycles. The lowest BCUT2D eigenvalue weighted by Crippen LogP contribution is -2.12. The van der Waals surface area contributed by atoms with Gasteiger partial charge in [-0.3, -0.25) is 9.78 Å². The van der Waals surface area contributed by atoms with E-state index < -0.39 is 0 Å². The first kappa shape index (κ1) is 17.5. The van der Waals surface area contributed by atoms with E-state index in [9.17, 15) is 4.79 Å². The van der Waals surface area contributed by atoms with Crippen molar-refractivity contribution in [1.82, 2.24) is 4.98 Å². The Hall–Kier alpha value is -3.34. The second-order valence-electron chi connectivity index (χ2n) is 5.71. The summed E-state index contributed by atoms with van der Waals surface area (Å²) in [6.45, 7) is 3.22. The average molecular weight is 347 g/mol. The Labute approximate surface area is 153 Å². The lowest BCUT2D eigenvalue weighted by molar-refractivity contribution is 0.102. The zero-order valence-corrected chi connectivity index (χ0v) is 14.6. The highest BCUT2D eigenvalue weighted by atomic mass is 16.5. The molecular formula is C21H21N3O2. The largest absolute Gasteiger partial charge is 0.494 e.